The minimum atomic E-state index is -5.97. The lowest BCUT2D eigenvalue weighted by molar-refractivity contribution is -0.506. The van der Waals surface area contributed by atoms with Gasteiger partial charge in [-0.25, -0.2) is 0 Å². The van der Waals surface area contributed by atoms with Gasteiger partial charge < -0.3 is 0 Å². The molecule has 1 rings (SSSR count). The largest absolute Gasteiger partial charge is 0.452 e. The van der Waals surface area contributed by atoms with Gasteiger partial charge in [0.1, 0.15) is 0 Å². The molecule has 0 aliphatic heterocycles. The summed E-state index contributed by atoms with van der Waals surface area (Å²) >= 11 is 7.97. The van der Waals surface area contributed by atoms with Crippen molar-refractivity contribution >= 4 is 23.2 Å². The summed E-state index contributed by atoms with van der Waals surface area (Å²) in [7, 11) is 0. The maximum absolute atomic E-state index is 11.6. The van der Waals surface area contributed by atoms with Crippen molar-refractivity contribution in [1.29, 1.82) is 0 Å². The van der Waals surface area contributed by atoms with Gasteiger partial charge in [0.25, 0.3) is 0 Å². The molecule has 20 heavy (non-hydrogen) atoms. The van der Waals surface area contributed by atoms with E-state index in [0.717, 1.165) is 0 Å². The summed E-state index contributed by atoms with van der Waals surface area (Å²) in [5.41, 5.74) is 0. The van der Waals surface area contributed by atoms with Crippen LogP contribution in [0.2, 0.25) is 0 Å². The van der Waals surface area contributed by atoms with Crippen molar-refractivity contribution < 1.29 is 52.7 Å². The average molecular weight is 371 g/mol. The fourth-order valence-corrected chi connectivity index (χ4v) is 0.726. The average Bonchev–Trinajstić information content (AvgIpc) is 2.13. The maximum atomic E-state index is 11.6. The van der Waals surface area contributed by atoms with Crippen LogP contribution in [0.4, 0.5) is 52.7 Å². The molecule has 1 fully saturated rings. The van der Waals surface area contributed by atoms with E-state index in [0.29, 0.717) is 0 Å². The highest BCUT2D eigenvalue weighted by Crippen LogP contribution is 2.69. The van der Waals surface area contributed by atoms with Gasteiger partial charge >= 0.3 is 34.5 Å². The first-order chi connectivity index (χ1) is 8.25. The molecule has 122 valence electrons. The van der Waals surface area contributed by atoms with Crippen LogP contribution in [0.3, 0.4) is 0 Å². The molecule has 0 amide bonds. The Hall–Kier alpha value is -0.260. The van der Waals surface area contributed by atoms with E-state index in [4.69, 9.17) is 0 Å². The number of rotatable bonds is 0. The summed E-state index contributed by atoms with van der Waals surface area (Å²) in [6, 6.07) is 0. The zero-order valence-electron chi connectivity index (χ0n) is 8.29. The van der Waals surface area contributed by atoms with Crippen LogP contribution in [-0.4, -0.2) is 34.5 Å². The lowest BCUT2D eigenvalue weighted by Gasteiger charge is -2.49. The van der Waals surface area contributed by atoms with Crippen LogP contribution in [0, 0.1) is 0 Å². The molecule has 0 aromatic carbocycles. The van der Waals surface area contributed by atoms with Gasteiger partial charge in [0.05, 0.1) is 0 Å². The summed E-state index contributed by atoms with van der Waals surface area (Å²) in [4.78, 5) is 0. The molecule has 0 atom stereocenters. The third kappa shape index (κ3) is 2.48. The maximum Gasteiger partial charge on any atom is 0.452 e. The van der Waals surface area contributed by atoms with Crippen molar-refractivity contribution in [1.82, 2.24) is 0 Å². The third-order valence-corrected chi connectivity index (χ3v) is 2.33. The fourth-order valence-electron chi connectivity index (χ4n) is 0.726. The monoisotopic (exact) mass is 370 g/mol. The first-order valence-corrected chi connectivity index (χ1v) is 4.65. The quantitative estimate of drug-likeness (QED) is 0.406. The lowest BCUT2D eigenvalue weighted by Crippen LogP contribution is -2.82. The molecular weight excluding hydrogens is 371 g/mol. The Labute approximate surface area is 111 Å². The second-order valence-corrected chi connectivity index (χ2v) is 4.53. The molecule has 0 saturated heterocycles. The van der Waals surface area contributed by atoms with E-state index < -0.39 is 34.5 Å². The standard InChI is InChI=1S/C4F8.C2Cl2F4/c5-1(6)2(7,8)4(11,12)3(1,9)10;3-1(4,5)2(6,7)8. The zero-order chi connectivity index (χ0) is 17.0. The number of alkyl halides is 14. The Balaban J connectivity index is 0.000000396. The van der Waals surface area contributed by atoms with Crippen molar-refractivity contribution in [3.05, 3.63) is 0 Å². The SMILES string of the molecule is FC(F)(F)C(F)(Cl)Cl.FC1(F)C(F)(F)C(F)(F)C1(F)F. The predicted octanol–water partition coefficient (Wildman–Crippen LogP) is 5.19. The van der Waals surface area contributed by atoms with Gasteiger partial charge in [0.2, 0.25) is 0 Å². The van der Waals surface area contributed by atoms with Crippen LogP contribution in [0.25, 0.3) is 0 Å². The van der Waals surface area contributed by atoms with Gasteiger partial charge in [-0.3, -0.25) is 0 Å². The van der Waals surface area contributed by atoms with Gasteiger partial charge in [0.15, 0.2) is 0 Å². The van der Waals surface area contributed by atoms with Crippen LogP contribution in [0.15, 0.2) is 0 Å². The highest BCUT2D eigenvalue weighted by atomic mass is 35.5. The molecule has 0 N–H and O–H groups in total. The summed E-state index contributed by atoms with van der Waals surface area (Å²) in [6.45, 7) is 0. The fraction of sp³-hybridized carbons (Fsp3) is 1.00. The molecule has 0 radical (unpaired) electrons. The van der Waals surface area contributed by atoms with Crippen molar-refractivity contribution in [3.8, 4) is 0 Å². The Kier molecular flexibility index (Phi) is 4.56. The highest BCUT2D eigenvalue weighted by Gasteiger charge is 3.01. The zero-order valence-corrected chi connectivity index (χ0v) is 9.80. The highest BCUT2D eigenvalue weighted by molar-refractivity contribution is 6.47. The molecule has 0 unspecified atom stereocenters. The van der Waals surface area contributed by atoms with Crippen molar-refractivity contribution in [2.45, 2.75) is 34.5 Å². The number of halogens is 14. The minimum Gasteiger partial charge on any atom is -0.198 e. The smallest absolute Gasteiger partial charge is 0.198 e. The van der Waals surface area contributed by atoms with Gasteiger partial charge in [0, 0.05) is 0 Å². The summed E-state index contributed by atoms with van der Waals surface area (Å²) in [5, 5.41) is 0. The van der Waals surface area contributed by atoms with Crippen molar-refractivity contribution in [2.75, 3.05) is 0 Å². The van der Waals surface area contributed by atoms with E-state index in [2.05, 4.69) is 23.2 Å². The summed E-state index contributed by atoms with van der Waals surface area (Å²) in [6.07, 6.45) is -5.20. The topological polar surface area (TPSA) is 0 Å². The van der Waals surface area contributed by atoms with Crippen LogP contribution in [0.1, 0.15) is 0 Å². The van der Waals surface area contributed by atoms with Gasteiger partial charge in [-0.2, -0.15) is 52.7 Å². The molecule has 1 saturated carbocycles. The van der Waals surface area contributed by atoms with E-state index in [1.807, 2.05) is 0 Å². The molecule has 0 bridgehead atoms. The van der Waals surface area contributed by atoms with Gasteiger partial charge in [-0.15, -0.1) is 0 Å². The van der Waals surface area contributed by atoms with E-state index in [1.54, 1.807) is 0 Å². The predicted molar refractivity (Wildman–Crippen MR) is 41.4 cm³/mol. The Morgan fingerprint density at radius 1 is 0.500 bits per heavy atom. The second kappa shape index (κ2) is 4.62. The molecular formula is C6Cl2F12. The molecule has 0 aromatic heterocycles. The number of hydrogen-bond donors (Lipinski definition) is 0. The van der Waals surface area contributed by atoms with Crippen molar-refractivity contribution in [2.24, 2.45) is 0 Å². The van der Waals surface area contributed by atoms with Crippen molar-refractivity contribution in [3.63, 3.8) is 0 Å². The lowest BCUT2D eigenvalue weighted by atomic mass is 9.80. The Morgan fingerprint density at radius 2 is 0.600 bits per heavy atom. The van der Waals surface area contributed by atoms with E-state index in [9.17, 15) is 52.7 Å². The molecule has 0 nitrogen and oxygen atoms in total. The first-order valence-electron chi connectivity index (χ1n) is 3.90. The second-order valence-electron chi connectivity index (χ2n) is 3.29. The van der Waals surface area contributed by atoms with Crippen LogP contribution in [0.5, 0.6) is 0 Å². The van der Waals surface area contributed by atoms with Crippen LogP contribution in [-0.2, 0) is 0 Å². The van der Waals surface area contributed by atoms with Gasteiger partial charge in [-0.05, 0) is 0 Å². The number of hydrogen-bond acceptors (Lipinski definition) is 0. The van der Waals surface area contributed by atoms with Gasteiger partial charge in [-0.1, -0.05) is 23.2 Å². The molecule has 1 aliphatic rings. The Bertz CT molecular complexity index is 287. The van der Waals surface area contributed by atoms with E-state index in [-0.39, 0.29) is 0 Å². The molecule has 0 aromatic rings. The van der Waals surface area contributed by atoms with Crippen LogP contribution >= 0.6 is 23.2 Å². The molecule has 0 heterocycles. The minimum absolute atomic E-state index is 3.98. The molecule has 1 aliphatic carbocycles. The first kappa shape index (κ1) is 19.7. The Morgan fingerprint density at radius 3 is 0.650 bits per heavy atom. The third-order valence-electron chi connectivity index (χ3n) is 1.90. The normalized spacial score (nSPS) is 26.1. The summed E-state index contributed by atoms with van der Waals surface area (Å²) < 4.78 is 133. The van der Waals surface area contributed by atoms with Crippen LogP contribution < -0.4 is 0 Å². The van der Waals surface area contributed by atoms with E-state index in [1.165, 1.54) is 0 Å². The van der Waals surface area contributed by atoms with E-state index >= 15 is 0 Å². The summed E-state index contributed by atoms with van der Waals surface area (Å²) in [5.74, 6) is -23.9. The molecule has 14 heteroatoms. The molecule has 0 spiro atoms.